The molecule has 1 amide bonds. The Morgan fingerprint density at radius 2 is 2.14 bits per heavy atom. The maximum Gasteiger partial charge on any atom is 0.248 e. The fourth-order valence-corrected chi connectivity index (χ4v) is 2.43. The van der Waals surface area contributed by atoms with Crippen LogP contribution >= 0.6 is 0 Å². The normalized spacial score (nSPS) is 11.2. The number of nitrogens with one attached hydrogen (secondary N) is 2. The van der Waals surface area contributed by atoms with Crippen molar-refractivity contribution in [3.05, 3.63) is 42.4 Å². The van der Waals surface area contributed by atoms with E-state index < -0.39 is 0 Å². The lowest BCUT2D eigenvalue weighted by Gasteiger charge is -2.04. The van der Waals surface area contributed by atoms with Crippen LogP contribution in [0.25, 0.3) is 10.9 Å². The Labute approximate surface area is 128 Å². The van der Waals surface area contributed by atoms with E-state index in [0.717, 1.165) is 23.1 Å². The summed E-state index contributed by atoms with van der Waals surface area (Å²) in [5.41, 5.74) is 1.04. The second-order valence-electron chi connectivity index (χ2n) is 5.75. The first-order valence-electron chi connectivity index (χ1n) is 7.37. The standard InChI is InChI=1S/C16H19N5O/c1-11(2)9-14-17-16(20-19-14)18-15(22)10-21-8-7-12-5-3-4-6-13(12)21/h3-8,11H,9-10H2,1-2H3,(H2,17,18,19,20,22). The SMILES string of the molecule is CC(C)Cc1nc(NC(=O)Cn2ccc3ccccc32)n[nH]1. The third-order valence-electron chi connectivity index (χ3n) is 3.38. The van der Waals surface area contributed by atoms with E-state index in [1.807, 2.05) is 41.1 Å². The number of para-hydroxylation sites is 1. The molecule has 6 heteroatoms. The quantitative estimate of drug-likeness (QED) is 0.760. The number of fused-ring (bicyclic) bond motifs is 1. The van der Waals surface area contributed by atoms with Crippen LogP contribution in [0.2, 0.25) is 0 Å². The Kier molecular flexibility index (Phi) is 3.91. The van der Waals surface area contributed by atoms with Crippen molar-refractivity contribution in [2.24, 2.45) is 5.92 Å². The number of aromatic nitrogens is 4. The van der Waals surface area contributed by atoms with Gasteiger partial charge in [-0.25, -0.2) is 0 Å². The van der Waals surface area contributed by atoms with Crippen LogP contribution in [0.3, 0.4) is 0 Å². The topological polar surface area (TPSA) is 75.6 Å². The van der Waals surface area contributed by atoms with Crippen molar-refractivity contribution in [2.45, 2.75) is 26.8 Å². The largest absolute Gasteiger partial charge is 0.338 e. The van der Waals surface area contributed by atoms with Gasteiger partial charge in [-0.15, -0.1) is 5.10 Å². The Morgan fingerprint density at radius 3 is 2.95 bits per heavy atom. The van der Waals surface area contributed by atoms with E-state index in [1.54, 1.807) is 0 Å². The number of hydrogen-bond donors (Lipinski definition) is 2. The van der Waals surface area contributed by atoms with Crippen molar-refractivity contribution in [3.8, 4) is 0 Å². The first kappa shape index (κ1) is 14.3. The highest BCUT2D eigenvalue weighted by molar-refractivity contribution is 5.90. The van der Waals surface area contributed by atoms with Gasteiger partial charge in [-0.2, -0.15) is 4.98 Å². The molecule has 0 fully saturated rings. The second-order valence-corrected chi connectivity index (χ2v) is 5.75. The number of H-pyrrole nitrogens is 1. The zero-order valence-corrected chi connectivity index (χ0v) is 12.7. The van der Waals surface area contributed by atoms with Crippen molar-refractivity contribution >= 4 is 22.8 Å². The summed E-state index contributed by atoms with van der Waals surface area (Å²) in [7, 11) is 0. The minimum atomic E-state index is -0.142. The lowest BCUT2D eigenvalue weighted by Crippen LogP contribution is -2.19. The Morgan fingerprint density at radius 1 is 1.32 bits per heavy atom. The summed E-state index contributed by atoms with van der Waals surface area (Å²) in [6.07, 6.45) is 2.72. The Bertz CT molecular complexity index is 787. The molecular weight excluding hydrogens is 278 g/mol. The molecule has 114 valence electrons. The predicted octanol–water partition coefficient (Wildman–Crippen LogP) is 2.60. The summed E-state index contributed by atoms with van der Waals surface area (Å²) in [5.74, 6) is 1.47. The molecule has 0 atom stereocenters. The molecule has 2 N–H and O–H groups in total. The average Bonchev–Trinajstić information content (AvgIpc) is 3.06. The van der Waals surface area contributed by atoms with Gasteiger partial charge in [-0.05, 0) is 23.4 Å². The summed E-state index contributed by atoms with van der Waals surface area (Å²) in [5, 5.41) is 10.7. The Balaban J connectivity index is 1.66. The van der Waals surface area contributed by atoms with Gasteiger partial charge in [0, 0.05) is 18.1 Å². The highest BCUT2D eigenvalue weighted by Gasteiger charge is 2.10. The molecule has 0 spiro atoms. The van der Waals surface area contributed by atoms with Gasteiger partial charge in [0.05, 0.1) is 0 Å². The number of benzene rings is 1. The zero-order valence-electron chi connectivity index (χ0n) is 12.7. The molecule has 0 saturated carbocycles. The molecular formula is C16H19N5O. The summed E-state index contributed by atoms with van der Waals surface area (Å²) in [6, 6.07) is 9.96. The van der Waals surface area contributed by atoms with Crippen molar-refractivity contribution in [1.29, 1.82) is 0 Å². The molecule has 0 aliphatic rings. The van der Waals surface area contributed by atoms with Gasteiger partial charge in [-0.3, -0.25) is 15.2 Å². The summed E-state index contributed by atoms with van der Waals surface area (Å²) < 4.78 is 1.91. The zero-order chi connectivity index (χ0) is 15.5. The van der Waals surface area contributed by atoms with E-state index in [4.69, 9.17) is 0 Å². The number of carbonyl (C=O) groups is 1. The highest BCUT2D eigenvalue weighted by atomic mass is 16.2. The molecule has 0 unspecified atom stereocenters. The smallest absolute Gasteiger partial charge is 0.248 e. The summed E-state index contributed by atoms with van der Waals surface area (Å²) in [6.45, 7) is 4.46. The van der Waals surface area contributed by atoms with Gasteiger partial charge in [0.25, 0.3) is 0 Å². The molecule has 0 bridgehead atoms. The minimum absolute atomic E-state index is 0.142. The van der Waals surface area contributed by atoms with Crippen LogP contribution in [0, 0.1) is 5.92 Å². The van der Waals surface area contributed by atoms with E-state index in [0.29, 0.717) is 11.9 Å². The Hall–Kier alpha value is -2.63. The average molecular weight is 297 g/mol. The lowest BCUT2D eigenvalue weighted by molar-refractivity contribution is -0.116. The fourth-order valence-electron chi connectivity index (χ4n) is 2.43. The van der Waals surface area contributed by atoms with Gasteiger partial charge in [0.2, 0.25) is 11.9 Å². The van der Waals surface area contributed by atoms with Crippen LogP contribution in [0.5, 0.6) is 0 Å². The van der Waals surface area contributed by atoms with Gasteiger partial charge in [0.15, 0.2) is 0 Å². The van der Waals surface area contributed by atoms with Crippen molar-refractivity contribution in [3.63, 3.8) is 0 Å². The molecule has 0 aliphatic heterocycles. The maximum absolute atomic E-state index is 12.1. The molecule has 2 heterocycles. The van der Waals surface area contributed by atoms with Crippen LogP contribution in [-0.2, 0) is 17.8 Å². The molecule has 6 nitrogen and oxygen atoms in total. The van der Waals surface area contributed by atoms with Crippen molar-refractivity contribution in [2.75, 3.05) is 5.32 Å². The van der Waals surface area contributed by atoms with Gasteiger partial charge in [0.1, 0.15) is 12.4 Å². The minimum Gasteiger partial charge on any atom is -0.338 e. The lowest BCUT2D eigenvalue weighted by atomic mass is 10.1. The number of rotatable bonds is 5. The summed E-state index contributed by atoms with van der Waals surface area (Å²) >= 11 is 0. The molecule has 3 aromatic rings. The number of anilines is 1. The van der Waals surface area contributed by atoms with Crippen molar-refractivity contribution < 1.29 is 4.79 Å². The van der Waals surface area contributed by atoms with Crippen LogP contribution in [0.4, 0.5) is 5.95 Å². The third-order valence-corrected chi connectivity index (χ3v) is 3.38. The highest BCUT2D eigenvalue weighted by Crippen LogP contribution is 2.15. The molecule has 0 radical (unpaired) electrons. The number of amides is 1. The third kappa shape index (κ3) is 3.16. The second kappa shape index (κ2) is 6.01. The van der Waals surface area contributed by atoms with Crippen LogP contribution in [0.1, 0.15) is 19.7 Å². The van der Waals surface area contributed by atoms with Gasteiger partial charge < -0.3 is 4.57 Å². The first-order chi connectivity index (χ1) is 10.6. The van der Waals surface area contributed by atoms with Crippen LogP contribution < -0.4 is 5.32 Å². The van der Waals surface area contributed by atoms with Gasteiger partial charge >= 0.3 is 0 Å². The van der Waals surface area contributed by atoms with Crippen molar-refractivity contribution in [1.82, 2.24) is 19.7 Å². The van der Waals surface area contributed by atoms with E-state index >= 15 is 0 Å². The van der Waals surface area contributed by atoms with E-state index in [9.17, 15) is 4.79 Å². The summed E-state index contributed by atoms with van der Waals surface area (Å²) in [4.78, 5) is 16.4. The number of hydrogen-bond acceptors (Lipinski definition) is 3. The van der Waals surface area contributed by atoms with E-state index in [2.05, 4.69) is 34.3 Å². The number of nitrogens with zero attached hydrogens (tertiary/aromatic N) is 3. The monoisotopic (exact) mass is 297 g/mol. The predicted molar refractivity (Wildman–Crippen MR) is 85.5 cm³/mol. The number of carbonyl (C=O) groups excluding carboxylic acids is 1. The van der Waals surface area contributed by atoms with Crippen LogP contribution in [-0.4, -0.2) is 25.7 Å². The van der Waals surface area contributed by atoms with E-state index in [-0.39, 0.29) is 12.5 Å². The van der Waals surface area contributed by atoms with E-state index in [1.165, 1.54) is 0 Å². The molecule has 2 aromatic heterocycles. The number of aromatic amines is 1. The molecule has 1 aromatic carbocycles. The first-order valence-corrected chi connectivity index (χ1v) is 7.37. The van der Waals surface area contributed by atoms with Crippen LogP contribution in [0.15, 0.2) is 36.5 Å². The molecule has 0 aliphatic carbocycles. The maximum atomic E-state index is 12.1. The molecule has 0 saturated heterocycles. The molecule has 3 rings (SSSR count). The van der Waals surface area contributed by atoms with Gasteiger partial charge in [-0.1, -0.05) is 32.0 Å². The fraction of sp³-hybridized carbons (Fsp3) is 0.312. The molecule has 22 heavy (non-hydrogen) atoms.